The van der Waals surface area contributed by atoms with Gasteiger partial charge in [0.2, 0.25) is 0 Å². The molecule has 9 nitrogen and oxygen atoms in total. The van der Waals surface area contributed by atoms with Crippen molar-refractivity contribution in [3.05, 3.63) is 82.3 Å². The summed E-state index contributed by atoms with van der Waals surface area (Å²) in [4.78, 5) is 39.5. The molecule has 0 bridgehead atoms. The Kier molecular flexibility index (Phi) is 10.6. The average molecular weight is 539 g/mol. The van der Waals surface area contributed by atoms with Crippen LogP contribution in [-0.2, 0) is 11.3 Å². The van der Waals surface area contributed by atoms with Gasteiger partial charge in [0.1, 0.15) is 17.3 Å². The van der Waals surface area contributed by atoms with E-state index in [0.717, 1.165) is 5.56 Å². The molecule has 39 heavy (non-hydrogen) atoms. The van der Waals surface area contributed by atoms with Crippen molar-refractivity contribution in [2.24, 2.45) is 5.18 Å². The molecule has 208 valence electrons. The lowest BCUT2D eigenvalue weighted by atomic mass is 10.0. The molecule has 3 N–H and O–H groups in total. The van der Waals surface area contributed by atoms with Crippen molar-refractivity contribution >= 4 is 11.8 Å². The monoisotopic (exact) mass is 538 g/mol. The Bertz CT molecular complexity index is 1260. The van der Waals surface area contributed by atoms with Crippen LogP contribution in [0.3, 0.4) is 0 Å². The molecule has 3 aromatic rings. The highest BCUT2D eigenvalue weighted by Crippen LogP contribution is 2.29. The number of hydrogen-bond acceptors (Lipinski definition) is 6. The number of amides is 2. The third kappa shape index (κ3) is 8.11. The Morgan fingerprint density at radius 3 is 2.31 bits per heavy atom. The number of aliphatic hydroxyl groups excluding tert-OH is 2. The summed E-state index contributed by atoms with van der Waals surface area (Å²) in [6, 6.07) is 15.6. The van der Waals surface area contributed by atoms with E-state index in [1.54, 1.807) is 12.1 Å². The van der Waals surface area contributed by atoms with E-state index in [1.807, 2.05) is 55.7 Å². The van der Waals surface area contributed by atoms with Gasteiger partial charge < -0.3 is 20.1 Å². The summed E-state index contributed by atoms with van der Waals surface area (Å²) in [7, 11) is 0. The Morgan fingerprint density at radius 1 is 1.03 bits per heavy atom. The van der Waals surface area contributed by atoms with Crippen LogP contribution in [0.1, 0.15) is 73.6 Å². The molecule has 0 fully saturated rings. The summed E-state index contributed by atoms with van der Waals surface area (Å²) >= 11 is 0. The van der Waals surface area contributed by atoms with Crippen molar-refractivity contribution in [3.63, 3.8) is 0 Å². The standard InChI is InChI=1S/C29H35FN4O5/c1-18(2)27-26(29(38)31-17-19(3)20-7-5-4-6-8-20)32-28(21-9-11-22(30)12-10-21)34(27)14-13-23(35)15-24(36)16-25(37)33-39/h4-12,18-19,23-24,35-36H,13-17H2,1-3H3,(H,31,38)/t19-,23-,24-/m1/s1. The maximum atomic E-state index is 13.7. The first-order valence-electron chi connectivity index (χ1n) is 13.0. The first kappa shape index (κ1) is 29.8. The minimum atomic E-state index is -1.21. The summed E-state index contributed by atoms with van der Waals surface area (Å²) in [6.07, 6.45) is -2.61. The first-order valence-corrected chi connectivity index (χ1v) is 13.0. The van der Waals surface area contributed by atoms with Crippen molar-refractivity contribution in [2.45, 2.75) is 70.6 Å². The Labute approximate surface area is 227 Å². The molecule has 0 saturated carbocycles. The van der Waals surface area contributed by atoms with E-state index < -0.39 is 30.4 Å². The molecule has 3 atom stereocenters. The molecule has 0 aliphatic rings. The zero-order chi connectivity index (χ0) is 28.5. The molecule has 0 unspecified atom stereocenters. The molecule has 0 radical (unpaired) electrons. The topological polar surface area (TPSA) is 134 Å². The lowest BCUT2D eigenvalue weighted by molar-refractivity contribution is -0.120. The van der Waals surface area contributed by atoms with Crippen molar-refractivity contribution in [3.8, 4) is 11.4 Å². The predicted molar refractivity (Wildman–Crippen MR) is 146 cm³/mol. The average Bonchev–Trinajstić information content (AvgIpc) is 3.31. The summed E-state index contributed by atoms with van der Waals surface area (Å²) in [5.74, 6) is -1.30. The second kappa shape index (κ2) is 13.9. The van der Waals surface area contributed by atoms with Gasteiger partial charge in [-0.1, -0.05) is 51.1 Å². The number of nitroso groups, excluding NO2 is 1. The zero-order valence-corrected chi connectivity index (χ0v) is 22.4. The van der Waals surface area contributed by atoms with Gasteiger partial charge in [-0.2, -0.15) is 0 Å². The number of carbonyl (C=O) groups is 2. The summed E-state index contributed by atoms with van der Waals surface area (Å²) < 4.78 is 15.5. The van der Waals surface area contributed by atoms with Gasteiger partial charge in [-0.25, -0.2) is 9.37 Å². The van der Waals surface area contributed by atoms with Crippen molar-refractivity contribution in [2.75, 3.05) is 6.54 Å². The van der Waals surface area contributed by atoms with Crippen LogP contribution in [0.2, 0.25) is 0 Å². The molecule has 2 amide bonds. The fourth-order valence-electron chi connectivity index (χ4n) is 4.52. The third-order valence-electron chi connectivity index (χ3n) is 6.55. The van der Waals surface area contributed by atoms with E-state index in [-0.39, 0.29) is 42.8 Å². The normalized spacial score (nSPS) is 13.6. The highest BCUT2D eigenvalue weighted by Gasteiger charge is 2.26. The maximum Gasteiger partial charge on any atom is 0.288 e. The van der Waals surface area contributed by atoms with Crippen LogP contribution in [0, 0.1) is 10.7 Å². The van der Waals surface area contributed by atoms with Gasteiger partial charge in [-0.3, -0.25) is 9.59 Å². The molecule has 3 rings (SSSR count). The lowest BCUT2D eigenvalue weighted by Crippen LogP contribution is -2.29. The van der Waals surface area contributed by atoms with Crippen molar-refractivity contribution in [1.82, 2.24) is 14.9 Å². The van der Waals surface area contributed by atoms with Gasteiger partial charge in [0.25, 0.3) is 11.8 Å². The molecule has 1 heterocycles. The number of hydrogen-bond donors (Lipinski definition) is 3. The number of imidazole rings is 1. The second-order valence-corrected chi connectivity index (χ2v) is 10.0. The van der Waals surface area contributed by atoms with Crippen LogP contribution in [0.5, 0.6) is 0 Å². The minimum Gasteiger partial charge on any atom is -0.393 e. The molecule has 0 aliphatic heterocycles. The van der Waals surface area contributed by atoms with E-state index in [0.29, 0.717) is 23.6 Å². The quantitative estimate of drug-likeness (QED) is 0.274. The smallest absolute Gasteiger partial charge is 0.288 e. The van der Waals surface area contributed by atoms with Crippen molar-refractivity contribution in [1.29, 1.82) is 0 Å². The molecular formula is C29H35FN4O5. The molecule has 1 aromatic heterocycles. The maximum absolute atomic E-state index is 13.7. The summed E-state index contributed by atoms with van der Waals surface area (Å²) in [5, 5.41) is 25.8. The predicted octanol–water partition coefficient (Wildman–Crippen LogP) is 4.53. The van der Waals surface area contributed by atoms with Gasteiger partial charge >= 0.3 is 0 Å². The number of halogens is 1. The second-order valence-electron chi connectivity index (χ2n) is 10.0. The number of benzene rings is 2. The molecule has 2 aromatic carbocycles. The highest BCUT2D eigenvalue weighted by molar-refractivity contribution is 5.94. The molecule has 0 saturated heterocycles. The van der Waals surface area contributed by atoms with Gasteiger partial charge in [0.15, 0.2) is 0 Å². The van der Waals surface area contributed by atoms with E-state index in [9.17, 15) is 29.1 Å². The lowest BCUT2D eigenvalue weighted by Gasteiger charge is -2.19. The number of carbonyl (C=O) groups excluding carboxylic acids is 2. The highest BCUT2D eigenvalue weighted by atomic mass is 19.1. The van der Waals surface area contributed by atoms with Crippen LogP contribution in [0.4, 0.5) is 4.39 Å². The third-order valence-corrected chi connectivity index (χ3v) is 6.55. The van der Waals surface area contributed by atoms with Crippen LogP contribution in [-0.4, -0.2) is 50.3 Å². The van der Waals surface area contributed by atoms with E-state index in [1.165, 1.54) is 12.1 Å². The van der Waals surface area contributed by atoms with Gasteiger partial charge in [-0.15, -0.1) is 4.91 Å². The number of nitrogens with zero attached hydrogens (tertiary/aromatic N) is 3. The van der Waals surface area contributed by atoms with Gasteiger partial charge in [0.05, 0.1) is 24.3 Å². The fraction of sp³-hybridized carbons (Fsp3) is 0.414. The largest absolute Gasteiger partial charge is 0.393 e. The molecule has 10 heteroatoms. The fourth-order valence-corrected chi connectivity index (χ4v) is 4.52. The first-order chi connectivity index (χ1) is 18.6. The molecule has 0 aliphatic carbocycles. The van der Waals surface area contributed by atoms with Crippen LogP contribution in [0.25, 0.3) is 11.4 Å². The van der Waals surface area contributed by atoms with Crippen molar-refractivity contribution < 1.29 is 24.2 Å². The Hall–Kier alpha value is -3.76. The van der Waals surface area contributed by atoms with Crippen LogP contribution >= 0.6 is 0 Å². The van der Waals surface area contributed by atoms with Crippen LogP contribution in [0.15, 0.2) is 59.8 Å². The zero-order valence-electron chi connectivity index (χ0n) is 22.4. The number of rotatable bonds is 13. The van der Waals surface area contributed by atoms with Crippen LogP contribution < -0.4 is 5.32 Å². The number of aromatic nitrogens is 2. The Morgan fingerprint density at radius 2 is 1.69 bits per heavy atom. The summed E-state index contributed by atoms with van der Waals surface area (Å²) in [5.41, 5.74) is 2.61. The number of aliphatic hydroxyl groups is 2. The number of nitrogens with one attached hydrogen (secondary N) is 1. The minimum absolute atomic E-state index is 0.0826. The van der Waals surface area contributed by atoms with E-state index in [4.69, 9.17) is 0 Å². The summed E-state index contributed by atoms with van der Waals surface area (Å²) in [6.45, 7) is 6.54. The van der Waals surface area contributed by atoms with E-state index >= 15 is 0 Å². The Balaban J connectivity index is 1.87. The molecular weight excluding hydrogens is 503 g/mol. The van der Waals surface area contributed by atoms with E-state index in [2.05, 4.69) is 15.5 Å². The van der Waals surface area contributed by atoms with Gasteiger partial charge in [0, 0.05) is 23.8 Å². The SMILES string of the molecule is CC(C)c1c(C(=O)NC[C@@H](C)c2ccccc2)nc(-c2ccc(F)cc2)n1CC[C@@H](O)C[C@@H](O)CC(=O)N=O. The van der Waals surface area contributed by atoms with Gasteiger partial charge in [-0.05, 0) is 54.5 Å². The molecule has 0 spiro atoms.